The number of ether oxygens (including phenoxy) is 1. The summed E-state index contributed by atoms with van der Waals surface area (Å²) in [4.78, 5) is 51.2. The van der Waals surface area contributed by atoms with Crippen LogP contribution in [-0.2, 0) is 9.53 Å². The van der Waals surface area contributed by atoms with Crippen LogP contribution in [0.15, 0.2) is 36.4 Å². The van der Waals surface area contributed by atoms with Crippen LogP contribution < -0.4 is 4.90 Å². The highest BCUT2D eigenvalue weighted by Crippen LogP contribution is 2.32. The lowest BCUT2D eigenvalue weighted by molar-refractivity contribution is -0.129. The maximum Gasteiger partial charge on any atom is 0.338 e. The number of imide groups is 1. The van der Waals surface area contributed by atoms with Gasteiger partial charge in [-0.25, -0.2) is 9.69 Å². The summed E-state index contributed by atoms with van der Waals surface area (Å²) in [5, 5.41) is 0. The molecule has 1 aliphatic rings. The first-order chi connectivity index (χ1) is 13.5. The van der Waals surface area contributed by atoms with Crippen molar-refractivity contribution < 1.29 is 23.9 Å². The number of carbonyl (C=O) groups excluding carboxylic acids is 4. The van der Waals surface area contributed by atoms with E-state index in [2.05, 4.69) is 0 Å². The molecule has 1 aliphatic heterocycles. The van der Waals surface area contributed by atoms with Gasteiger partial charge in [0.05, 0.1) is 22.4 Å². The third-order valence-electron chi connectivity index (χ3n) is 5.11. The minimum absolute atomic E-state index is 0.120. The summed E-state index contributed by atoms with van der Waals surface area (Å²) in [6.07, 6.45) is 0. The lowest BCUT2D eigenvalue weighted by Gasteiger charge is -2.17. The van der Waals surface area contributed by atoms with Crippen LogP contribution in [0.2, 0.25) is 0 Å². The minimum atomic E-state index is -0.712. The monoisotopic (exact) mass is 393 g/mol. The van der Waals surface area contributed by atoms with E-state index in [1.165, 1.54) is 18.2 Å². The SMILES string of the molecule is Cc1cccc(N2C(=O)c3ccc(C(=O)OCC(=O)C(C)(C)C)cc3C2=O)c1C. The van der Waals surface area contributed by atoms with Crippen LogP contribution in [0.25, 0.3) is 0 Å². The number of hydrogen-bond acceptors (Lipinski definition) is 5. The predicted molar refractivity (Wildman–Crippen MR) is 108 cm³/mol. The molecule has 0 N–H and O–H groups in total. The highest BCUT2D eigenvalue weighted by atomic mass is 16.5. The van der Waals surface area contributed by atoms with E-state index < -0.39 is 23.2 Å². The number of rotatable bonds is 4. The standard InChI is InChI=1S/C23H23NO5/c1-13-7-6-8-18(14(13)2)24-20(26)16-10-9-15(11-17(16)21(24)27)22(28)29-12-19(25)23(3,4)5/h6-11H,12H2,1-5H3. The van der Waals surface area contributed by atoms with Gasteiger partial charge in [-0.3, -0.25) is 14.4 Å². The normalized spacial score (nSPS) is 13.5. The quantitative estimate of drug-likeness (QED) is 0.582. The zero-order valence-electron chi connectivity index (χ0n) is 17.2. The molecular weight excluding hydrogens is 370 g/mol. The van der Waals surface area contributed by atoms with Crippen molar-refractivity contribution in [3.05, 3.63) is 64.2 Å². The fraction of sp³-hybridized carbons (Fsp3) is 0.304. The summed E-state index contributed by atoms with van der Waals surface area (Å²) in [5.74, 6) is -1.84. The minimum Gasteiger partial charge on any atom is -0.454 e. The van der Waals surface area contributed by atoms with Crippen molar-refractivity contribution in [2.24, 2.45) is 5.41 Å². The van der Waals surface area contributed by atoms with Gasteiger partial charge in [0.15, 0.2) is 12.4 Å². The molecule has 0 fully saturated rings. The number of benzene rings is 2. The second-order valence-electron chi connectivity index (χ2n) is 8.17. The summed E-state index contributed by atoms with van der Waals surface area (Å²) in [7, 11) is 0. The van der Waals surface area contributed by atoms with E-state index in [0.29, 0.717) is 5.69 Å². The zero-order chi connectivity index (χ0) is 21.5. The Morgan fingerprint density at radius 2 is 1.62 bits per heavy atom. The molecular formula is C23H23NO5. The Balaban J connectivity index is 1.87. The van der Waals surface area contributed by atoms with Crippen molar-refractivity contribution in [2.75, 3.05) is 11.5 Å². The van der Waals surface area contributed by atoms with E-state index in [4.69, 9.17) is 4.74 Å². The van der Waals surface area contributed by atoms with Gasteiger partial charge in [-0.2, -0.15) is 0 Å². The van der Waals surface area contributed by atoms with E-state index in [1.54, 1.807) is 32.9 Å². The van der Waals surface area contributed by atoms with E-state index in [1.807, 2.05) is 19.9 Å². The Morgan fingerprint density at radius 3 is 2.28 bits per heavy atom. The average molecular weight is 393 g/mol. The molecule has 6 nitrogen and oxygen atoms in total. The predicted octanol–water partition coefficient (Wildman–Crippen LogP) is 3.88. The third-order valence-corrected chi connectivity index (χ3v) is 5.11. The first-order valence-electron chi connectivity index (χ1n) is 9.32. The molecule has 6 heteroatoms. The number of ketones is 1. The lowest BCUT2D eigenvalue weighted by Crippen LogP contribution is -2.30. The molecule has 3 rings (SSSR count). The largest absolute Gasteiger partial charge is 0.454 e. The van der Waals surface area contributed by atoms with Crippen molar-refractivity contribution in [1.82, 2.24) is 0 Å². The lowest BCUT2D eigenvalue weighted by atomic mass is 9.91. The van der Waals surface area contributed by atoms with Crippen molar-refractivity contribution >= 4 is 29.3 Å². The van der Waals surface area contributed by atoms with Crippen molar-refractivity contribution in [3.8, 4) is 0 Å². The number of esters is 1. The topological polar surface area (TPSA) is 80.8 Å². The molecule has 0 aromatic heterocycles. The molecule has 0 unspecified atom stereocenters. The van der Waals surface area contributed by atoms with Crippen molar-refractivity contribution in [3.63, 3.8) is 0 Å². The molecule has 2 amide bonds. The van der Waals surface area contributed by atoms with Gasteiger partial charge in [0.2, 0.25) is 0 Å². The molecule has 1 heterocycles. The summed E-state index contributed by atoms with van der Waals surface area (Å²) >= 11 is 0. The molecule has 2 aromatic carbocycles. The molecule has 0 spiro atoms. The van der Waals surface area contributed by atoms with Crippen LogP contribution in [0, 0.1) is 19.3 Å². The van der Waals surface area contributed by atoms with Gasteiger partial charge in [-0.05, 0) is 49.2 Å². The first kappa shape index (κ1) is 20.5. The second kappa shape index (κ2) is 7.28. The fourth-order valence-corrected chi connectivity index (χ4v) is 3.00. The van der Waals surface area contributed by atoms with Gasteiger partial charge in [-0.1, -0.05) is 32.9 Å². The van der Waals surface area contributed by atoms with Crippen LogP contribution in [0.4, 0.5) is 5.69 Å². The van der Waals surface area contributed by atoms with Crippen LogP contribution in [-0.4, -0.2) is 30.2 Å². The van der Waals surface area contributed by atoms with Crippen LogP contribution in [0.3, 0.4) is 0 Å². The molecule has 29 heavy (non-hydrogen) atoms. The number of hydrogen-bond donors (Lipinski definition) is 0. The Bertz CT molecular complexity index is 1050. The second-order valence-corrected chi connectivity index (χ2v) is 8.17. The van der Waals surface area contributed by atoms with Gasteiger partial charge in [0.1, 0.15) is 0 Å². The fourth-order valence-electron chi connectivity index (χ4n) is 3.00. The maximum atomic E-state index is 12.9. The van der Waals surface area contributed by atoms with E-state index in [-0.39, 0.29) is 29.1 Å². The number of anilines is 1. The maximum absolute atomic E-state index is 12.9. The van der Waals surface area contributed by atoms with E-state index >= 15 is 0 Å². The van der Waals surface area contributed by atoms with Gasteiger partial charge in [0, 0.05) is 5.41 Å². The average Bonchev–Trinajstić information content (AvgIpc) is 2.91. The molecule has 0 atom stereocenters. The highest BCUT2D eigenvalue weighted by molar-refractivity contribution is 6.35. The van der Waals surface area contributed by atoms with Gasteiger partial charge in [-0.15, -0.1) is 0 Å². The van der Waals surface area contributed by atoms with Crippen LogP contribution >= 0.6 is 0 Å². The number of nitrogens with zero attached hydrogens (tertiary/aromatic N) is 1. The molecule has 0 aliphatic carbocycles. The molecule has 2 aromatic rings. The van der Waals surface area contributed by atoms with Gasteiger partial charge in [0.25, 0.3) is 11.8 Å². The van der Waals surface area contributed by atoms with Gasteiger partial charge >= 0.3 is 5.97 Å². The number of amides is 2. The first-order valence-corrected chi connectivity index (χ1v) is 9.32. The van der Waals surface area contributed by atoms with E-state index in [9.17, 15) is 19.2 Å². The smallest absolute Gasteiger partial charge is 0.338 e. The Hall–Kier alpha value is -3.28. The molecule has 0 radical (unpaired) electrons. The summed E-state index contributed by atoms with van der Waals surface area (Å²) in [5.41, 5.74) is 2.21. The number of fused-ring (bicyclic) bond motifs is 1. The number of Topliss-reactive ketones (excluding diaryl/α,β-unsaturated/α-hetero) is 1. The zero-order valence-corrected chi connectivity index (χ0v) is 17.2. The number of carbonyl (C=O) groups is 4. The van der Waals surface area contributed by atoms with Crippen molar-refractivity contribution in [2.45, 2.75) is 34.6 Å². The Labute approximate surface area is 169 Å². The van der Waals surface area contributed by atoms with Crippen LogP contribution in [0.5, 0.6) is 0 Å². The Morgan fingerprint density at radius 1 is 0.966 bits per heavy atom. The van der Waals surface area contributed by atoms with Crippen molar-refractivity contribution in [1.29, 1.82) is 0 Å². The highest BCUT2D eigenvalue weighted by Gasteiger charge is 2.38. The van der Waals surface area contributed by atoms with Crippen LogP contribution in [0.1, 0.15) is 63.0 Å². The molecule has 0 bridgehead atoms. The summed E-state index contributed by atoms with van der Waals surface area (Å²) in [6.45, 7) is 8.63. The van der Waals surface area contributed by atoms with E-state index in [0.717, 1.165) is 16.0 Å². The van der Waals surface area contributed by atoms with Gasteiger partial charge < -0.3 is 4.74 Å². The Kier molecular flexibility index (Phi) is 5.13. The summed E-state index contributed by atoms with van der Waals surface area (Å²) in [6, 6.07) is 9.64. The number of aryl methyl sites for hydroxylation is 1. The molecule has 150 valence electrons. The summed E-state index contributed by atoms with van der Waals surface area (Å²) < 4.78 is 5.09. The third kappa shape index (κ3) is 3.70. The molecule has 0 saturated heterocycles. The molecule has 0 saturated carbocycles.